The lowest BCUT2D eigenvalue weighted by atomic mass is 9.77. The van der Waals surface area contributed by atoms with Gasteiger partial charge in [-0.1, -0.05) is 19.9 Å². The molecule has 1 atom stereocenters. The van der Waals surface area contributed by atoms with Gasteiger partial charge in [0.25, 0.3) is 0 Å². The van der Waals surface area contributed by atoms with Crippen LogP contribution in [0.3, 0.4) is 0 Å². The number of likely N-dealkylation sites (N-methyl/N-ethyl adjacent to an activating group) is 1. The second-order valence-corrected chi connectivity index (χ2v) is 6.72. The molecule has 1 aromatic carbocycles. The zero-order valence-corrected chi connectivity index (χ0v) is 13.3. The van der Waals surface area contributed by atoms with Crippen LogP contribution in [0.2, 0.25) is 0 Å². The molecule has 20 heavy (non-hydrogen) atoms. The lowest BCUT2D eigenvalue weighted by Crippen LogP contribution is -2.56. The number of benzene rings is 1. The SMILES string of the molecule is Cc1cc(C)cc(N(C)C(=O)C2NCCCC2(C)C)c1. The highest BCUT2D eigenvalue weighted by Crippen LogP contribution is 2.32. The van der Waals surface area contributed by atoms with E-state index in [4.69, 9.17) is 0 Å². The highest BCUT2D eigenvalue weighted by Gasteiger charge is 2.38. The summed E-state index contributed by atoms with van der Waals surface area (Å²) in [6.45, 7) is 9.42. The van der Waals surface area contributed by atoms with Crippen LogP contribution in [-0.4, -0.2) is 25.5 Å². The molecular weight excluding hydrogens is 248 g/mol. The van der Waals surface area contributed by atoms with Gasteiger partial charge in [0, 0.05) is 12.7 Å². The monoisotopic (exact) mass is 274 g/mol. The third-order valence-corrected chi connectivity index (χ3v) is 4.30. The highest BCUT2D eigenvalue weighted by molar-refractivity contribution is 5.97. The predicted molar refractivity (Wildman–Crippen MR) is 84.1 cm³/mol. The van der Waals surface area contributed by atoms with Crippen LogP contribution in [0.15, 0.2) is 18.2 Å². The van der Waals surface area contributed by atoms with E-state index in [9.17, 15) is 4.79 Å². The molecule has 1 N–H and O–H groups in total. The van der Waals surface area contributed by atoms with Crippen molar-refractivity contribution >= 4 is 11.6 Å². The van der Waals surface area contributed by atoms with E-state index in [2.05, 4.69) is 51.2 Å². The second-order valence-electron chi connectivity index (χ2n) is 6.72. The minimum atomic E-state index is -0.0953. The smallest absolute Gasteiger partial charge is 0.244 e. The van der Waals surface area contributed by atoms with Crippen molar-refractivity contribution in [3.05, 3.63) is 29.3 Å². The van der Waals surface area contributed by atoms with Gasteiger partial charge in [-0.05, 0) is 61.9 Å². The number of hydrogen-bond acceptors (Lipinski definition) is 2. The molecule has 1 unspecified atom stereocenters. The number of aryl methyl sites for hydroxylation is 2. The van der Waals surface area contributed by atoms with Crippen molar-refractivity contribution in [2.24, 2.45) is 5.41 Å². The van der Waals surface area contributed by atoms with Crippen LogP contribution in [0.5, 0.6) is 0 Å². The molecule has 1 heterocycles. The molecule has 0 bridgehead atoms. The fraction of sp³-hybridized carbons (Fsp3) is 0.588. The molecule has 3 heteroatoms. The van der Waals surface area contributed by atoms with Crippen molar-refractivity contribution in [1.29, 1.82) is 0 Å². The van der Waals surface area contributed by atoms with Crippen LogP contribution in [0.4, 0.5) is 5.69 Å². The van der Waals surface area contributed by atoms with Crippen molar-refractivity contribution in [2.45, 2.75) is 46.6 Å². The Hall–Kier alpha value is -1.35. The van der Waals surface area contributed by atoms with E-state index in [0.717, 1.165) is 25.1 Å². The number of carbonyl (C=O) groups excluding carboxylic acids is 1. The number of nitrogens with one attached hydrogen (secondary N) is 1. The van der Waals surface area contributed by atoms with E-state index in [1.807, 2.05) is 7.05 Å². The third-order valence-electron chi connectivity index (χ3n) is 4.30. The minimum absolute atomic E-state index is 0.0163. The van der Waals surface area contributed by atoms with E-state index >= 15 is 0 Å². The van der Waals surface area contributed by atoms with Gasteiger partial charge >= 0.3 is 0 Å². The van der Waals surface area contributed by atoms with Crippen LogP contribution in [-0.2, 0) is 4.79 Å². The largest absolute Gasteiger partial charge is 0.314 e. The van der Waals surface area contributed by atoms with E-state index in [1.165, 1.54) is 11.1 Å². The summed E-state index contributed by atoms with van der Waals surface area (Å²) in [6.07, 6.45) is 2.24. The Morgan fingerprint density at radius 2 is 1.85 bits per heavy atom. The number of nitrogens with zero attached hydrogens (tertiary/aromatic N) is 1. The average molecular weight is 274 g/mol. The summed E-state index contributed by atoms with van der Waals surface area (Å²) in [5.41, 5.74) is 3.38. The summed E-state index contributed by atoms with van der Waals surface area (Å²) >= 11 is 0. The number of carbonyl (C=O) groups is 1. The molecule has 0 radical (unpaired) electrons. The van der Waals surface area contributed by atoms with Gasteiger partial charge in [0.15, 0.2) is 0 Å². The summed E-state index contributed by atoms with van der Waals surface area (Å²) in [4.78, 5) is 14.6. The van der Waals surface area contributed by atoms with Gasteiger partial charge in [-0.3, -0.25) is 4.79 Å². The zero-order valence-electron chi connectivity index (χ0n) is 13.3. The van der Waals surface area contributed by atoms with Gasteiger partial charge in [-0.15, -0.1) is 0 Å². The van der Waals surface area contributed by atoms with Gasteiger partial charge in [0.1, 0.15) is 0 Å². The quantitative estimate of drug-likeness (QED) is 0.899. The second kappa shape index (κ2) is 5.57. The van der Waals surface area contributed by atoms with Gasteiger partial charge in [-0.25, -0.2) is 0 Å². The molecule has 0 aromatic heterocycles. The Morgan fingerprint density at radius 1 is 1.25 bits per heavy atom. The maximum Gasteiger partial charge on any atom is 0.244 e. The van der Waals surface area contributed by atoms with Gasteiger partial charge in [-0.2, -0.15) is 0 Å². The number of hydrogen-bond donors (Lipinski definition) is 1. The fourth-order valence-electron chi connectivity index (χ4n) is 3.10. The normalized spacial score (nSPS) is 21.6. The highest BCUT2D eigenvalue weighted by atomic mass is 16.2. The first-order chi connectivity index (χ1) is 9.31. The lowest BCUT2D eigenvalue weighted by Gasteiger charge is -2.40. The first-order valence-electron chi connectivity index (χ1n) is 7.40. The Bertz CT molecular complexity index is 487. The Balaban J connectivity index is 2.23. The zero-order chi connectivity index (χ0) is 14.9. The van der Waals surface area contributed by atoms with E-state index in [-0.39, 0.29) is 17.4 Å². The average Bonchev–Trinajstić information content (AvgIpc) is 2.35. The fourth-order valence-corrected chi connectivity index (χ4v) is 3.10. The Labute approximate surface area is 122 Å². The molecular formula is C17H26N2O. The number of anilines is 1. The molecule has 0 aliphatic carbocycles. The molecule has 1 aliphatic rings. The maximum absolute atomic E-state index is 12.8. The van der Waals surface area contributed by atoms with E-state index < -0.39 is 0 Å². The van der Waals surface area contributed by atoms with Crippen molar-refractivity contribution in [2.75, 3.05) is 18.5 Å². The minimum Gasteiger partial charge on any atom is -0.314 e. The van der Waals surface area contributed by atoms with E-state index in [0.29, 0.717) is 0 Å². The summed E-state index contributed by atoms with van der Waals surface area (Å²) in [6, 6.07) is 6.17. The van der Waals surface area contributed by atoms with Crippen LogP contribution < -0.4 is 10.2 Å². The predicted octanol–water partition coefficient (Wildman–Crippen LogP) is 3.04. The maximum atomic E-state index is 12.8. The van der Waals surface area contributed by atoms with Gasteiger partial charge < -0.3 is 10.2 Å². The van der Waals surface area contributed by atoms with Crippen molar-refractivity contribution < 1.29 is 4.79 Å². The summed E-state index contributed by atoms with van der Waals surface area (Å²) < 4.78 is 0. The summed E-state index contributed by atoms with van der Waals surface area (Å²) in [5.74, 6) is 0.166. The standard InChI is InChI=1S/C17H26N2O/c1-12-9-13(2)11-14(10-12)19(5)16(20)15-17(3,4)7-6-8-18-15/h9-11,15,18H,6-8H2,1-5H3. The molecule has 110 valence electrons. The molecule has 1 amide bonds. The lowest BCUT2D eigenvalue weighted by molar-refractivity contribution is -0.123. The van der Waals surface area contributed by atoms with Crippen LogP contribution >= 0.6 is 0 Å². The van der Waals surface area contributed by atoms with E-state index in [1.54, 1.807) is 4.90 Å². The molecule has 3 nitrogen and oxygen atoms in total. The molecule has 1 aliphatic heterocycles. The van der Waals surface area contributed by atoms with Gasteiger partial charge in [0.05, 0.1) is 6.04 Å². The van der Waals surface area contributed by atoms with Crippen LogP contribution in [0.1, 0.15) is 37.8 Å². The topological polar surface area (TPSA) is 32.3 Å². The summed E-state index contributed by atoms with van der Waals surface area (Å²) in [5, 5.41) is 3.40. The number of amides is 1. The van der Waals surface area contributed by atoms with Gasteiger partial charge in [0.2, 0.25) is 5.91 Å². The first kappa shape index (κ1) is 15.0. The third kappa shape index (κ3) is 3.04. The number of piperidine rings is 1. The Kier molecular flexibility index (Phi) is 4.19. The van der Waals surface area contributed by atoms with Crippen LogP contribution in [0, 0.1) is 19.3 Å². The summed E-state index contributed by atoms with van der Waals surface area (Å²) in [7, 11) is 1.88. The molecule has 0 spiro atoms. The van der Waals surface area contributed by atoms with Crippen molar-refractivity contribution in [1.82, 2.24) is 5.32 Å². The molecule has 2 rings (SSSR count). The van der Waals surface area contributed by atoms with Crippen molar-refractivity contribution in [3.8, 4) is 0 Å². The van der Waals surface area contributed by atoms with Crippen LogP contribution in [0.25, 0.3) is 0 Å². The Morgan fingerprint density at radius 3 is 2.40 bits per heavy atom. The molecule has 1 aromatic rings. The first-order valence-corrected chi connectivity index (χ1v) is 7.40. The molecule has 1 saturated heterocycles. The number of rotatable bonds is 2. The molecule has 0 saturated carbocycles. The van der Waals surface area contributed by atoms with Crippen molar-refractivity contribution in [3.63, 3.8) is 0 Å². The molecule has 1 fully saturated rings.